The van der Waals surface area contributed by atoms with Gasteiger partial charge in [-0.05, 0) is 0 Å². The summed E-state index contributed by atoms with van der Waals surface area (Å²) in [6.45, 7) is -2.78. The van der Waals surface area contributed by atoms with Gasteiger partial charge in [-0.15, -0.1) is 0 Å². The van der Waals surface area contributed by atoms with Crippen LogP contribution in [-0.4, -0.2) is 26.6 Å². The molecule has 0 N–H and O–H groups in total. The maximum absolute atomic E-state index is 11.1. The molecule has 0 aromatic rings. The number of rotatable bonds is 3. The molecule has 0 saturated carbocycles. The second-order valence-corrected chi connectivity index (χ2v) is 1.52. The summed E-state index contributed by atoms with van der Waals surface area (Å²) in [4.78, 5) is 0. The Morgan fingerprint density at radius 1 is 1.20 bits per heavy atom. The minimum absolute atomic E-state index is 1.17. The van der Waals surface area contributed by atoms with Crippen LogP contribution in [0, 0.1) is 0 Å². The van der Waals surface area contributed by atoms with Crippen molar-refractivity contribution in [1.29, 1.82) is 0 Å². The summed E-state index contributed by atoms with van der Waals surface area (Å²) < 4.78 is 59.2. The van der Waals surface area contributed by atoms with E-state index in [2.05, 4.69) is 4.74 Å². The first-order valence-corrected chi connectivity index (χ1v) is 2.34. The van der Waals surface area contributed by atoms with Gasteiger partial charge in [0.2, 0.25) is 0 Å². The lowest BCUT2D eigenvalue weighted by molar-refractivity contribution is -0.170. The van der Waals surface area contributed by atoms with E-state index in [1.54, 1.807) is 0 Å². The molecule has 0 bridgehead atoms. The molecule has 0 aliphatic rings. The monoisotopic (exact) mass is 162 g/mol. The third-order valence-electron chi connectivity index (χ3n) is 0.510. The van der Waals surface area contributed by atoms with Gasteiger partial charge in [-0.25, -0.2) is 0 Å². The Bertz CT molecular complexity index is 91.4. The van der Waals surface area contributed by atoms with Gasteiger partial charge in [0.15, 0.2) is 0 Å². The largest absolute Gasteiger partial charge is 0.563 e. The standard InChI is InChI=1S/C3H4BF5O/c5-3(6,7)1-10-2-4(8)9/h1-2H2. The van der Waals surface area contributed by atoms with E-state index in [9.17, 15) is 21.8 Å². The van der Waals surface area contributed by atoms with E-state index in [4.69, 9.17) is 0 Å². The van der Waals surface area contributed by atoms with Crippen LogP contribution in [-0.2, 0) is 4.74 Å². The van der Waals surface area contributed by atoms with E-state index in [0.717, 1.165) is 0 Å². The normalized spacial score (nSPS) is 11.7. The van der Waals surface area contributed by atoms with E-state index in [1.165, 1.54) is 0 Å². The van der Waals surface area contributed by atoms with Crippen molar-refractivity contribution in [2.75, 3.05) is 13.1 Å². The Hall–Kier alpha value is -0.325. The molecule has 0 radical (unpaired) electrons. The molecular formula is C3H4BF5O. The molecule has 0 heterocycles. The third-order valence-corrected chi connectivity index (χ3v) is 0.510. The predicted molar refractivity (Wildman–Crippen MR) is 24.8 cm³/mol. The Morgan fingerprint density at radius 2 is 1.70 bits per heavy atom. The molecule has 0 aromatic carbocycles. The van der Waals surface area contributed by atoms with Crippen LogP contribution in [0.3, 0.4) is 0 Å². The maximum Gasteiger partial charge on any atom is 0.563 e. The first kappa shape index (κ1) is 9.67. The SMILES string of the molecule is FB(F)COCC(F)(F)F. The van der Waals surface area contributed by atoms with Gasteiger partial charge in [-0.3, -0.25) is 8.63 Å². The van der Waals surface area contributed by atoms with Gasteiger partial charge in [0.1, 0.15) is 6.61 Å². The van der Waals surface area contributed by atoms with E-state index >= 15 is 0 Å². The van der Waals surface area contributed by atoms with Crippen LogP contribution < -0.4 is 0 Å². The highest BCUT2D eigenvalue weighted by atomic mass is 19.4. The number of ether oxygens (including phenoxy) is 1. The van der Waals surface area contributed by atoms with Crippen molar-refractivity contribution in [2.45, 2.75) is 6.18 Å². The van der Waals surface area contributed by atoms with Crippen LogP contribution in [0.15, 0.2) is 0 Å². The van der Waals surface area contributed by atoms with Crippen molar-refractivity contribution in [3.8, 4) is 0 Å². The average Bonchev–Trinajstić information content (AvgIpc) is 1.59. The van der Waals surface area contributed by atoms with Crippen LogP contribution in [0.1, 0.15) is 0 Å². The quantitative estimate of drug-likeness (QED) is 0.451. The molecule has 0 fully saturated rings. The fraction of sp³-hybridized carbons (Fsp3) is 1.00. The fourth-order valence-electron chi connectivity index (χ4n) is 0.264. The summed E-state index contributed by atoms with van der Waals surface area (Å²) in [6, 6.07) is 0. The molecule has 7 heteroatoms. The van der Waals surface area contributed by atoms with Crippen LogP contribution in [0.4, 0.5) is 21.8 Å². The lowest BCUT2D eigenvalue weighted by Gasteiger charge is -2.04. The lowest BCUT2D eigenvalue weighted by atomic mass is 10.0. The van der Waals surface area contributed by atoms with Gasteiger partial charge >= 0.3 is 13.4 Å². The summed E-state index contributed by atoms with van der Waals surface area (Å²) in [6.07, 6.45) is -4.52. The summed E-state index contributed by atoms with van der Waals surface area (Å²) in [5.41, 5.74) is 0. The Balaban J connectivity index is 3.21. The van der Waals surface area contributed by atoms with Crippen LogP contribution >= 0.6 is 0 Å². The Morgan fingerprint density at radius 3 is 2.00 bits per heavy atom. The second kappa shape index (κ2) is 3.75. The van der Waals surface area contributed by atoms with E-state index in [0.29, 0.717) is 0 Å². The first-order chi connectivity index (χ1) is 4.42. The highest BCUT2D eigenvalue weighted by Crippen LogP contribution is 2.14. The Kier molecular flexibility index (Phi) is 3.63. The van der Waals surface area contributed by atoms with Crippen molar-refractivity contribution in [3.63, 3.8) is 0 Å². The minimum Gasteiger partial charge on any atom is -0.374 e. The summed E-state index contributed by atoms with van der Waals surface area (Å²) in [7, 11) is -2.85. The molecule has 10 heavy (non-hydrogen) atoms. The van der Waals surface area contributed by atoms with Crippen LogP contribution in [0.5, 0.6) is 0 Å². The molecule has 0 aliphatic carbocycles. The third kappa shape index (κ3) is 7.67. The summed E-state index contributed by atoms with van der Waals surface area (Å²) in [5.74, 6) is 0. The summed E-state index contributed by atoms with van der Waals surface area (Å²) >= 11 is 0. The van der Waals surface area contributed by atoms with Gasteiger partial charge in [-0.2, -0.15) is 13.2 Å². The van der Waals surface area contributed by atoms with Gasteiger partial charge in [-0.1, -0.05) is 0 Å². The van der Waals surface area contributed by atoms with Gasteiger partial charge in [0.25, 0.3) is 0 Å². The highest BCUT2D eigenvalue weighted by Gasteiger charge is 2.28. The number of alkyl halides is 3. The molecule has 0 atom stereocenters. The van der Waals surface area contributed by atoms with E-state index < -0.39 is 26.6 Å². The van der Waals surface area contributed by atoms with E-state index in [1.807, 2.05) is 0 Å². The topological polar surface area (TPSA) is 9.23 Å². The van der Waals surface area contributed by atoms with Crippen molar-refractivity contribution < 1.29 is 26.5 Å². The van der Waals surface area contributed by atoms with Crippen LogP contribution in [0.25, 0.3) is 0 Å². The smallest absolute Gasteiger partial charge is 0.374 e. The zero-order valence-corrected chi connectivity index (χ0v) is 4.79. The van der Waals surface area contributed by atoms with Crippen molar-refractivity contribution >= 4 is 7.27 Å². The van der Waals surface area contributed by atoms with Crippen molar-refractivity contribution in [3.05, 3.63) is 0 Å². The first-order valence-electron chi connectivity index (χ1n) is 2.34. The molecule has 60 valence electrons. The van der Waals surface area contributed by atoms with E-state index in [-0.39, 0.29) is 0 Å². The molecule has 1 nitrogen and oxygen atoms in total. The molecule has 0 rings (SSSR count). The predicted octanol–water partition coefficient (Wildman–Crippen LogP) is 1.53. The molecule has 0 amide bonds. The number of hydrogen-bond donors (Lipinski definition) is 0. The molecule has 0 spiro atoms. The van der Waals surface area contributed by atoms with Gasteiger partial charge < -0.3 is 4.74 Å². The van der Waals surface area contributed by atoms with Gasteiger partial charge in [0.05, 0.1) is 6.51 Å². The van der Waals surface area contributed by atoms with Gasteiger partial charge in [0, 0.05) is 0 Å². The molecule has 0 saturated heterocycles. The average molecular weight is 162 g/mol. The maximum atomic E-state index is 11.1. The fourth-order valence-corrected chi connectivity index (χ4v) is 0.264. The second-order valence-electron chi connectivity index (χ2n) is 1.52. The van der Waals surface area contributed by atoms with Crippen LogP contribution in [0.2, 0.25) is 0 Å². The molecule has 0 unspecified atom stereocenters. The molecule has 0 aromatic heterocycles. The van der Waals surface area contributed by atoms with Crippen molar-refractivity contribution in [1.82, 2.24) is 0 Å². The lowest BCUT2D eigenvalue weighted by Crippen LogP contribution is -2.20. The van der Waals surface area contributed by atoms with Crippen molar-refractivity contribution in [2.24, 2.45) is 0 Å². The Labute approximate surface area is 54.3 Å². The highest BCUT2D eigenvalue weighted by molar-refractivity contribution is 6.42. The zero-order chi connectivity index (χ0) is 8.20. The zero-order valence-electron chi connectivity index (χ0n) is 4.79. The minimum atomic E-state index is -4.52. The molecular weight excluding hydrogens is 158 g/mol. The summed E-state index contributed by atoms with van der Waals surface area (Å²) in [5, 5.41) is 0. The number of hydrogen-bond acceptors (Lipinski definition) is 1. The molecule has 0 aliphatic heterocycles. The number of halogens is 5.